The molecule has 0 bridgehead atoms. The molecule has 2 amide bonds. The summed E-state index contributed by atoms with van der Waals surface area (Å²) in [7, 11) is 3.26. The first-order chi connectivity index (χ1) is 11.4. The molecule has 1 aromatic carbocycles. The third kappa shape index (κ3) is 4.07. The standard InChI is InChI=1S/C17H21N5O2/c1-11(10-15(23)19-2)22(3)17(24)13-6-4-12(5-7-13)16-20-9-8-14(18)21-16/h4-9,11H,10H2,1-3H3,(H,19,23)(H2,18,20,21)/t11-/m1/s1. The minimum Gasteiger partial charge on any atom is -0.384 e. The van der Waals surface area contributed by atoms with Gasteiger partial charge < -0.3 is 16.0 Å². The number of amides is 2. The minimum atomic E-state index is -0.200. The molecule has 1 heterocycles. The summed E-state index contributed by atoms with van der Waals surface area (Å²) >= 11 is 0. The van der Waals surface area contributed by atoms with Crippen LogP contribution in [0.15, 0.2) is 36.5 Å². The van der Waals surface area contributed by atoms with E-state index < -0.39 is 0 Å². The maximum Gasteiger partial charge on any atom is 0.253 e. The van der Waals surface area contributed by atoms with Gasteiger partial charge in [-0.15, -0.1) is 0 Å². The minimum absolute atomic E-state index is 0.101. The Morgan fingerprint density at radius 2 is 1.92 bits per heavy atom. The number of rotatable bonds is 5. The number of nitrogens with zero attached hydrogens (tertiary/aromatic N) is 3. The molecule has 2 aromatic rings. The largest absolute Gasteiger partial charge is 0.384 e. The molecular formula is C17H21N5O2. The van der Waals surface area contributed by atoms with E-state index in [9.17, 15) is 9.59 Å². The first kappa shape index (κ1) is 17.4. The van der Waals surface area contributed by atoms with Gasteiger partial charge in [0.25, 0.3) is 5.91 Å². The molecule has 7 heteroatoms. The quantitative estimate of drug-likeness (QED) is 0.862. The van der Waals surface area contributed by atoms with Crippen LogP contribution in [-0.2, 0) is 4.79 Å². The summed E-state index contributed by atoms with van der Waals surface area (Å²) in [5.74, 6) is 0.654. The van der Waals surface area contributed by atoms with Crippen LogP contribution in [0, 0.1) is 0 Å². The van der Waals surface area contributed by atoms with E-state index in [-0.39, 0.29) is 24.3 Å². The van der Waals surface area contributed by atoms with E-state index in [1.165, 1.54) is 0 Å². The molecule has 0 aliphatic heterocycles. The van der Waals surface area contributed by atoms with Crippen LogP contribution < -0.4 is 11.1 Å². The van der Waals surface area contributed by atoms with Crippen molar-refractivity contribution in [3.05, 3.63) is 42.1 Å². The molecule has 3 N–H and O–H groups in total. The summed E-state index contributed by atoms with van der Waals surface area (Å²) in [6, 6.07) is 8.40. The summed E-state index contributed by atoms with van der Waals surface area (Å²) < 4.78 is 0. The maximum absolute atomic E-state index is 12.5. The molecule has 0 saturated heterocycles. The third-order valence-corrected chi connectivity index (χ3v) is 3.81. The van der Waals surface area contributed by atoms with Crippen molar-refractivity contribution in [2.24, 2.45) is 0 Å². The molecule has 0 radical (unpaired) electrons. The average Bonchev–Trinajstić information content (AvgIpc) is 2.60. The number of carbonyl (C=O) groups excluding carboxylic acids is 2. The Morgan fingerprint density at radius 3 is 2.50 bits per heavy atom. The highest BCUT2D eigenvalue weighted by Crippen LogP contribution is 2.17. The first-order valence-corrected chi connectivity index (χ1v) is 7.59. The topological polar surface area (TPSA) is 101 Å². The molecule has 0 aliphatic carbocycles. The maximum atomic E-state index is 12.5. The Morgan fingerprint density at radius 1 is 1.25 bits per heavy atom. The third-order valence-electron chi connectivity index (χ3n) is 3.81. The highest BCUT2D eigenvalue weighted by atomic mass is 16.2. The number of aromatic nitrogens is 2. The predicted octanol–water partition coefficient (Wildman–Crippen LogP) is 1.32. The average molecular weight is 327 g/mol. The van der Waals surface area contributed by atoms with Crippen LogP contribution in [0.3, 0.4) is 0 Å². The lowest BCUT2D eigenvalue weighted by Crippen LogP contribution is -2.38. The fourth-order valence-corrected chi connectivity index (χ4v) is 2.18. The molecule has 0 spiro atoms. The number of carbonyl (C=O) groups is 2. The van der Waals surface area contributed by atoms with Gasteiger partial charge in [-0.1, -0.05) is 12.1 Å². The van der Waals surface area contributed by atoms with Gasteiger partial charge in [0.1, 0.15) is 5.82 Å². The number of anilines is 1. The fourth-order valence-electron chi connectivity index (χ4n) is 2.18. The van der Waals surface area contributed by atoms with Gasteiger partial charge in [0.15, 0.2) is 5.82 Å². The lowest BCUT2D eigenvalue weighted by molar-refractivity contribution is -0.121. The van der Waals surface area contributed by atoms with Crippen LogP contribution in [0.2, 0.25) is 0 Å². The summed E-state index contributed by atoms with van der Waals surface area (Å²) in [6.45, 7) is 1.84. The Bertz CT molecular complexity index is 730. The van der Waals surface area contributed by atoms with Crippen molar-refractivity contribution < 1.29 is 9.59 Å². The number of hydrogen-bond donors (Lipinski definition) is 2. The molecule has 0 unspecified atom stereocenters. The van der Waals surface area contributed by atoms with Crippen molar-refractivity contribution in [2.45, 2.75) is 19.4 Å². The number of nitrogen functional groups attached to an aromatic ring is 1. The zero-order chi connectivity index (χ0) is 17.7. The van der Waals surface area contributed by atoms with Gasteiger partial charge in [-0.3, -0.25) is 9.59 Å². The fraction of sp³-hybridized carbons (Fsp3) is 0.294. The van der Waals surface area contributed by atoms with Crippen molar-refractivity contribution in [3.8, 4) is 11.4 Å². The second kappa shape index (κ2) is 7.54. The van der Waals surface area contributed by atoms with Crippen molar-refractivity contribution in [1.82, 2.24) is 20.2 Å². The monoisotopic (exact) mass is 327 g/mol. The Kier molecular flexibility index (Phi) is 5.47. The van der Waals surface area contributed by atoms with Gasteiger partial charge in [0.05, 0.1) is 0 Å². The molecule has 126 valence electrons. The second-order valence-electron chi connectivity index (χ2n) is 5.52. The van der Waals surface area contributed by atoms with E-state index in [4.69, 9.17) is 5.73 Å². The Hall–Kier alpha value is -2.96. The molecule has 1 atom stereocenters. The van der Waals surface area contributed by atoms with Crippen LogP contribution in [0.4, 0.5) is 5.82 Å². The Labute approximate surface area is 140 Å². The highest BCUT2D eigenvalue weighted by Gasteiger charge is 2.19. The number of nitrogens with one attached hydrogen (secondary N) is 1. The molecule has 7 nitrogen and oxygen atoms in total. The summed E-state index contributed by atoms with van der Waals surface area (Å²) in [4.78, 5) is 33.8. The normalized spacial score (nSPS) is 11.6. The number of benzene rings is 1. The lowest BCUT2D eigenvalue weighted by Gasteiger charge is -2.24. The van der Waals surface area contributed by atoms with Gasteiger partial charge in [-0.05, 0) is 25.1 Å². The van der Waals surface area contributed by atoms with E-state index in [0.29, 0.717) is 17.2 Å². The van der Waals surface area contributed by atoms with Gasteiger partial charge in [0.2, 0.25) is 5.91 Å². The van der Waals surface area contributed by atoms with Crippen molar-refractivity contribution in [2.75, 3.05) is 19.8 Å². The molecule has 1 aromatic heterocycles. The predicted molar refractivity (Wildman–Crippen MR) is 92.1 cm³/mol. The molecule has 0 saturated carbocycles. The van der Waals surface area contributed by atoms with Crippen molar-refractivity contribution >= 4 is 17.6 Å². The van der Waals surface area contributed by atoms with Crippen LogP contribution in [-0.4, -0.2) is 46.8 Å². The summed E-state index contributed by atoms with van der Waals surface area (Å²) in [5.41, 5.74) is 6.97. The van der Waals surface area contributed by atoms with Gasteiger partial charge in [-0.25, -0.2) is 9.97 Å². The molecule has 24 heavy (non-hydrogen) atoms. The number of nitrogens with two attached hydrogens (primary N) is 1. The molecule has 0 fully saturated rings. The van der Waals surface area contributed by atoms with Gasteiger partial charge >= 0.3 is 0 Å². The lowest BCUT2D eigenvalue weighted by atomic mass is 10.1. The summed E-state index contributed by atoms with van der Waals surface area (Å²) in [5, 5.41) is 2.56. The molecular weight excluding hydrogens is 306 g/mol. The van der Waals surface area contributed by atoms with Crippen LogP contribution in [0.1, 0.15) is 23.7 Å². The molecule has 2 rings (SSSR count). The van der Waals surface area contributed by atoms with Crippen LogP contribution >= 0.6 is 0 Å². The molecule has 0 aliphatic rings. The van der Waals surface area contributed by atoms with Crippen molar-refractivity contribution in [3.63, 3.8) is 0 Å². The van der Waals surface area contributed by atoms with E-state index in [1.807, 2.05) is 6.92 Å². The zero-order valence-electron chi connectivity index (χ0n) is 14.0. The Balaban J connectivity index is 2.12. The van der Waals surface area contributed by atoms with E-state index in [2.05, 4.69) is 15.3 Å². The smallest absolute Gasteiger partial charge is 0.253 e. The SMILES string of the molecule is CNC(=O)C[C@@H](C)N(C)C(=O)c1ccc(-c2nccc(N)n2)cc1. The number of hydrogen-bond acceptors (Lipinski definition) is 5. The van der Waals surface area contributed by atoms with Crippen molar-refractivity contribution in [1.29, 1.82) is 0 Å². The van der Waals surface area contributed by atoms with E-state index >= 15 is 0 Å². The van der Waals surface area contributed by atoms with Gasteiger partial charge in [-0.2, -0.15) is 0 Å². The zero-order valence-corrected chi connectivity index (χ0v) is 14.0. The van der Waals surface area contributed by atoms with E-state index in [1.54, 1.807) is 55.5 Å². The van der Waals surface area contributed by atoms with Gasteiger partial charge in [0, 0.05) is 43.9 Å². The highest BCUT2D eigenvalue weighted by molar-refractivity contribution is 5.95. The van der Waals surface area contributed by atoms with Crippen LogP contribution in [0.5, 0.6) is 0 Å². The second-order valence-corrected chi connectivity index (χ2v) is 5.52. The van der Waals surface area contributed by atoms with E-state index in [0.717, 1.165) is 5.56 Å². The summed E-state index contributed by atoms with van der Waals surface area (Å²) in [6.07, 6.45) is 1.85. The van der Waals surface area contributed by atoms with Crippen LogP contribution in [0.25, 0.3) is 11.4 Å². The first-order valence-electron chi connectivity index (χ1n) is 7.59.